The van der Waals surface area contributed by atoms with Crippen LogP contribution in [0.4, 0.5) is 11.4 Å². The largest absolute Gasteiger partial charge is 0.399 e. The summed E-state index contributed by atoms with van der Waals surface area (Å²) >= 11 is 0. The Morgan fingerprint density at radius 3 is 2.57 bits per heavy atom. The molecule has 0 saturated heterocycles. The second-order valence-electron chi connectivity index (χ2n) is 4.50. The number of methoxy groups -OCH3 is 1. The number of nitrogens with zero attached hydrogens (tertiary/aromatic N) is 2. The monoisotopic (exact) mass is 317 g/mol. The lowest BCUT2D eigenvalue weighted by atomic mass is 10.3. The third-order valence-corrected chi connectivity index (χ3v) is 5.11. The molecule has 2 N–H and O–H groups in total. The van der Waals surface area contributed by atoms with E-state index in [4.69, 9.17) is 10.5 Å². The average Bonchev–Trinajstić information content (AvgIpc) is 2.38. The van der Waals surface area contributed by atoms with E-state index in [1.54, 1.807) is 13.8 Å². The smallest absolute Gasteiger partial charge is 0.291 e. The molecule has 0 bridgehead atoms. The zero-order valence-electron chi connectivity index (χ0n) is 12.1. The number of likely N-dealkylation sites (N-methyl/N-ethyl adjacent to an activating group) is 1. The topological polar surface area (TPSA) is 116 Å². The molecular formula is C12H19N3O5S. The predicted molar refractivity (Wildman–Crippen MR) is 78.4 cm³/mol. The quantitative estimate of drug-likeness (QED) is 0.459. The van der Waals surface area contributed by atoms with E-state index in [0.717, 1.165) is 16.4 Å². The number of rotatable bonds is 7. The number of benzene rings is 1. The Balaban J connectivity index is 3.39. The normalized spacial score (nSPS) is 13.3. The van der Waals surface area contributed by atoms with Crippen LogP contribution in [0.3, 0.4) is 0 Å². The van der Waals surface area contributed by atoms with Crippen LogP contribution in [0.2, 0.25) is 0 Å². The number of hydrogen-bond donors (Lipinski definition) is 1. The Hall–Kier alpha value is -1.71. The van der Waals surface area contributed by atoms with Gasteiger partial charge in [0.1, 0.15) is 0 Å². The van der Waals surface area contributed by atoms with Crippen molar-refractivity contribution in [1.29, 1.82) is 0 Å². The van der Waals surface area contributed by atoms with Crippen molar-refractivity contribution in [2.45, 2.75) is 24.8 Å². The first-order valence-electron chi connectivity index (χ1n) is 6.30. The van der Waals surface area contributed by atoms with E-state index < -0.39 is 26.7 Å². The van der Waals surface area contributed by atoms with Gasteiger partial charge in [0.25, 0.3) is 5.69 Å². The summed E-state index contributed by atoms with van der Waals surface area (Å²) in [6, 6.07) is 3.09. The van der Waals surface area contributed by atoms with Gasteiger partial charge in [-0.05, 0) is 19.1 Å². The van der Waals surface area contributed by atoms with Crippen LogP contribution < -0.4 is 5.73 Å². The lowest BCUT2D eigenvalue weighted by Crippen LogP contribution is -2.41. The van der Waals surface area contributed by atoms with E-state index in [1.165, 1.54) is 13.2 Å². The van der Waals surface area contributed by atoms with Crippen LogP contribution in [0, 0.1) is 10.1 Å². The molecule has 118 valence electrons. The fraction of sp³-hybridized carbons (Fsp3) is 0.500. The van der Waals surface area contributed by atoms with Crippen molar-refractivity contribution in [2.24, 2.45) is 0 Å². The highest BCUT2D eigenvalue weighted by atomic mass is 32.2. The van der Waals surface area contributed by atoms with E-state index in [2.05, 4.69) is 0 Å². The van der Waals surface area contributed by atoms with Crippen LogP contribution in [0.15, 0.2) is 23.1 Å². The maximum absolute atomic E-state index is 12.6. The number of nitrogens with two attached hydrogens (primary N) is 1. The van der Waals surface area contributed by atoms with Crippen molar-refractivity contribution in [3.63, 3.8) is 0 Å². The summed E-state index contributed by atoms with van der Waals surface area (Å²) in [6.45, 7) is 3.70. The molecule has 0 fully saturated rings. The molecule has 0 aliphatic carbocycles. The molecule has 1 rings (SSSR count). The molecule has 1 aromatic rings. The molecule has 0 aromatic heterocycles. The van der Waals surface area contributed by atoms with Gasteiger partial charge in [-0.1, -0.05) is 6.92 Å². The molecule has 21 heavy (non-hydrogen) atoms. The molecule has 0 spiro atoms. The number of hydrogen-bond acceptors (Lipinski definition) is 6. The molecule has 0 amide bonds. The molecule has 9 heteroatoms. The van der Waals surface area contributed by atoms with Gasteiger partial charge in [0, 0.05) is 31.5 Å². The molecule has 0 aliphatic rings. The molecular weight excluding hydrogens is 298 g/mol. The number of nitro benzene ring substituents is 1. The summed E-state index contributed by atoms with van der Waals surface area (Å²) in [4.78, 5) is 9.95. The molecule has 0 saturated carbocycles. The third kappa shape index (κ3) is 3.69. The summed E-state index contributed by atoms with van der Waals surface area (Å²) in [6.07, 6.45) is 0. The molecule has 1 aromatic carbocycles. The Morgan fingerprint density at radius 1 is 1.48 bits per heavy atom. The van der Waals surface area contributed by atoms with Gasteiger partial charge in [0.2, 0.25) is 10.0 Å². The molecule has 1 unspecified atom stereocenters. The lowest BCUT2D eigenvalue weighted by molar-refractivity contribution is -0.387. The van der Waals surface area contributed by atoms with E-state index in [9.17, 15) is 18.5 Å². The van der Waals surface area contributed by atoms with Crippen molar-refractivity contribution in [1.82, 2.24) is 4.31 Å². The maximum atomic E-state index is 12.6. The number of ether oxygens (including phenoxy) is 1. The van der Waals surface area contributed by atoms with Crippen LogP contribution in [0.25, 0.3) is 0 Å². The van der Waals surface area contributed by atoms with E-state index in [0.29, 0.717) is 0 Å². The van der Waals surface area contributed by atoms with Crippen LogP contribution in [0.1, 0.15) is 13.8 Å². The fourth-order valence-corrected chi connectivity index (χ4v) is 3.83. The van der Waals surface area contributed by atoms with Gasteiger partial charge in [-0.25, -0.2) is 8.42 Å². The first-order chi connectivity index (χ1) is 9.75. The van der Waals surface area contributed by atoms with Gasteiger partial charge in [0.15, 0.2) is 4.90 Å². The van der Waals surface area contributed by atoms with Gasteiger partial charge in [-0.3, -0.25) is 10.1 Å². The Bertz CT molecular complexity index is 617. The molecule has 0 radical (unpaired) electrons. The summed E-state index contributed by atoms with van der Waals surface area (Å²) in [5.74, 6) is 0. The van der Waals surface area contributed by atoms with Crippen molar-refractivity contribution in [3.05, 3.63) is 28.3 Å². The Kier molecular flexibility index (Phi) is 5.64. The standard InChI is InChI=1S/C12H19N3O5S/c1-4-14(9(2)8-20-3)21(18,19)12-6-5-10(13)7-11(12)15(16)17/h5-7,9H,4,8,13H2,1-3H3. The summed E-state index contributed by atoms with van der Waals surface area (Å²) in [5, 5.41) is 11.1. The summed E-state index contributed by atoms with van der Waals surface area (Å²) in [5.41, 5.74) is 5.10. The second kappa shape index (κ2) is 6.83. The summed E-state index contributed by atoms with van der Waals surface area (Å²) < 4.78 is 31.4. The predicted octanol–water partition coefficient (Wildman–Crippen LogP) is 1.22. The van der Waals surface area contributed by atoms with Gasteiger partial charge >= 0.3 is 0 Å². The minimum Gasteiger partial charge on any atom is -0.399 e. The number of sulfonamides is 1. The Morgan fingerprint density at radius 2 is 2.10 bits per heavy atom. The van der Waals surface area contributed by atoms with Crippen molar-refractivity contribution in [3.8, 4) is 0 Å². The molecule has 0 heterocycles. The number of anilines is 1. The zero-order chi connectivity index (χ0) is 16.2. The Labute approximate surface area is 123 Å². The first kappa shape index (κ1) is 17.3. The number of nitrogen functional groups attached to an aromatic ring is 1. The van der Waals surface area contributed by atoms with Gasteiger partial charge in [0.05, 0.1) is 11.5 Å². The first-order valence-corrected chi connectivity index (χ1v) is 7.74. The number of nitro groups is 1. The minimum absolute atomic E-state index is 0.133. The average molecular weight is 317 g/mol. The highest BCUT2D eigenvalue weighted by Gasteiger charge is 2.33. The third-order valence-electron chi connectivity index (χ3n) is 2.98. The minimum atomic E-state index is -4.01. The SMILES string of the molecule is CCN(C(C)COC)S(=O)(=O)c1ccc(N)cc1[N+](=O)[O-]. The second-order valence-corrected chi connectivity index (χ2v) is 6.36. The van der Waals surface area contributed by atoms with Crippen molar-refractivity contribution < 1.29 is 18.1 Å². The highest BCUT2D eigenvalue weighted by Crippen LogP contribution is 2.29. The van der Waals surface area contributed by atoms with Gasteiger partial charge in [-0.15, -0.1) is 0 Å². The fourth-order valence-electron chi connectivity index (χ4n) is 2.06. The van der Waals surface area contributed by atoms with Crippen LogP contribution in [-0.4, -0.2) is 43.9 Å². The van der Waals surface area contributed by atoms with Gasteiger partial charge < -0.3 is 10.5 Å². The zero-order valence-corrected chi connectivity index (χ0v) is 13.0. The van der Waals surface area contributed by atoms with Crippen molar-refractivity contribution >= 4 is 21.4 Å². The van der Waals surface area contributed by atoms with Crippen LogP contribution in [0.5, 0.6) is 0 Å². The summed E-state index contributed by atoms with van der Waals surface area (Å²) in [7, 11) is -2.55. The van der Waals surface area contributed by atoms with Crippen molar-refractivity contribution in [2.75, 3.05) is 26.0 Å². The van der Waals surface area contributed by atoms with E-state index in [1.807, 2.05) is 0 Å². The molecule has 0 aliphatic heterocycles. The van der Waals surface area contributed by atoms with E-state index in [-0.39, 0.29) is 23.7 Å². The van der Waals surface area contributed by atoms with Crippen LogP contribution >= 0.6 is 0 Å². The highest BCUT2D eigenvalue weighted by molar-refractivity contribution is 7.89. The van der Waals surface area contributed by atoms with E-state index >= 15 is 0 Å². The molecule has 1 atom stereocenters. The van der Waals surface area contributed by atoms with Crippen LogP contribution in [-0.2, 0) is 14.8 Å². The van der Waals surface area contributed by atoms with Gasteiger partial charge in [-0.2, -0.15) is 4.31 Å². The lowest BCUT2D eigenvalue weighted by Gasteiger charge is -2.26. The molecule has 8 nitrogen and oxygen atoms in total. The maximum Gasteiger partial charge on any atom is 0.291 e.